The fourth-order valence-electron chi connectivity index (χ4n) is 3.87. The van der Waals surface area contributed by atoms with Crippen LogP contribution in [0.5, 0.6) is 0 Å². The van der Waals surface area contributed by atoms with Crippen molar-refractivity contribution in [1.29, 1.82) is 0 Å². The van der Waals surface area contributed by atoms with E-state index in [0.29, 0.717) is 48.9 Å². The van der Waals surface area contributed by atoms with Crippen molar-refractivity contribution in [2.75, 3.05) is 42.5 Å². The number of hydrogen-bond acceptors (Lipinski definition) is 5. The maximum atomic E-state index is 13.1. The average Bonchev–Trinajstić information content (AvgIpc) is 3.16. The zero-order chi connectivity index (χ0) is 21.5. The third-order valence-electron chi connectivity index (χ3n) is 5.42. The van der Waals surface area contributed by atoms with Crippen molar-refractivity contribution in [2.24, 2.45) is 0 Å². The van der Waals surface area contributed by atoms with E-state index < -0.39 is 21.9 Å². The van der Waals surface area contributed by atoms with Gasteiger partial charge in [-0.05, 0) is 48.4 Å². The van der Waals surface area contributed by atoms with Crippen molar-refractivity contribution in [3.05, 3.63) is 53.1 Å². The quantitative estimate of drug-likeness (QED) is 0.718. The third-order valence-corrected chi connectivity index (χ3v) is 7.55. The van der Waals surface area contributed by atoms with Crippen LogP contribution in [0.3, 0.4) is 0 Å². The van der Waals surface area contributed by atoms with Crippen LogP contribution in [0.4, 0.5) is 11.4 Å². The summed E-state index contributed by atoms with van der Waals surface area (Å²) in [5.41, 5.74) is 2.07. The molecule has 1 saturated heterocycles. The first-order valence-corrected chi connectivity index (χ1v) is 11.3. The number of carboxylic acids is 1. The molecule has 1 fully saturated rings. The van der Waals surface area contributed by atoms with E-state index in [1.165, 1.54) is 16.4 Å². The highest BCUT2D eigenvalue weighted by molar-refractivity contribution is 7.89. The summed E-state index contributed by atoms with van der Waals surface area (Å²) in [6, 6.07) is 12.0. The van der Waals surface area contributed by atoms with Crippen LogP contribution in [-0.4, -0.2) is 62.4 Å². The Balaban J connectivity index is 1.50. The molecule has 0 atom stereocenters. The lowest BCUT2D eigenvalue weighted by Gasteiger charge is -2.35. The summed E-state index contributed by atoms with van der Waals surface area (Å²) in [4.78, 5) is 26.2. The van der Waals surface area contributed by atoms with Crippen molar-refractivity contribution < 1.29 is 23.1 Å². The number of nitrogens with zero attached hydrogens (tertiary/aromatic N) is 3. The molecule has 0 bridgehead atoms. The van der Waals surface area contributed by atoms with Gasteiger partial charge in [0.15, 0.2) is 0 Å². The number of anilines is 2. The van der Waals surface area contributed by atoms with E-state index >= 15 is 0 Å². The number of sulfonamides is 1. The lowest BCUT2D eigenvalue weighted by molar-refractivity contribution is -0.148. The van der Waals surface area contributed by atoms with Gasteiger partial charge in [-0.15, -0.1) is 0 Å². The van der Waals surface area contributed by atoms with Crippen LogP contribution in [0, 0.1) is 0 Å². The van der Waals surface area contributed by atoms with Crippen molar-refractivity contribution in [3.63, 3.8) is 0 Å². The van der Waals surface area contributed by atoms with Crippen LogP contribution < -0.4 is 9.80 Å². The van der Waals surface area contributed by atoms with E-state index in [1.807, 2.05) is 18.2 Å². The van der Waals surface area contributed by atoms with Crippen molar-refractivity contribution in [3.8, 4) is 0 Å². The van der Waals surface area contributed by atoms with Gasteiger partial charge in [0.25, 0.3) is 0 Å². The number of rotatable bonds is 3. The molecule has 0 unspecified atom stereocenters. The van der Waals surface area contributed by atoms with Gasteiger partial charge >= 0.3 is 11.9 Å². The number of amides is 1. The summed E-state index contributed by atoms with van der Waals surface area (Å²) in [7, 11) is -3.69. The minimum absolute atomic E-state index is 0.155. The largest absolute Gasteiger partial charge is 0.474 e. The highest BCUT2D eigenvalue weighted by atomic mass is 35.5. The maximum Gasteiger partial charge on any atom is 0.394 e. The summed E-state index contributed by atoms with van der Waals surface area (Å²) < 4.78 is 27.7. The van der Waals surface area contributed by atoms with E-state index in [4.69, 9.17) is 16.7 Å². The molecule has 0 saturated carbocycles. The molecule has 1 N–H and O–H groups in total. The molecule has 2 heterocycles. The fraction of sp³-hybridized carbons (Fsp3) is 0.300. The van der Waals surface area contributed by atoms with E-state index in [-0.39, 0.29) is 11.4 Å². The zero-order valence-corrected chi connectivity index (χ0v) is 17.6. The molecule has 2 aromatic carbocycles. The fourth-order valence-corrected chi connectivity index (χ4v) is 5.53. The van der Waals surface area contributed by atoms with Crippen molar-refractivity contribution >= 4 is 44.9 Å². The Morgan fingerprint density at radius 2 is 1.70 bits per heavy atom. The molecule has 0 aliphatic carbocycles. The minimum atomic E-state index is -3.69. The van der Waals surface area contributed by atoms with Crippen LogP contribution >= 0.6 is 11.6 Å². The van der Waals surface area contributed by atoms with Gasteiger partial charge in [0, 0.05) is 49.1 Å². The Bertz CT molecular complexity index is 1110. The second-order valence-electron chi connectivity index (χ2n) is 7.17. The molecule has 0 radical (unpaired) electrons. The van der Waals surface area contributed by atoms with Gasteiger partial charge in [-0.25, -0.2) is 13.2 Å². The molecule has 2 aromatic rings. The van der Waals surface area contributed by atoms with Crippen LogP contribution in [0.25, 0.3) is 0 Å². The zero-order valence-electron chi connectivity index (χ0n) is 16.0. The summed E-state index contributed by atoms with van der Waals surface area (Å²) in [6.45, 7) is 2.00. The smallest absolute Gasteiger partial charge is 0.394 e. The Kier molecular flexibility index (Phi) is 5.44. The van der Waals surface area contributed by atoms with Crippen LogP contribution in [0.1, 0.15) is 5.56 Å². The second kappa shape index (κ2) is 7.90. The number of carbonyl (C=O) groups excluding carboxylic acids is 1. The van der Waals surface area contributed by atoms with Gasteiger partial charge in [-0.2, -0.15) is 4.31 Å². The van der Waals surface area contributed by atoms with E-state index in [0.717, 1.165) is 10.6 Å². The molecule has 0 spiro atoms. The minimum Gasteiger partial charge on any atom is -0.474 e. The summed E-state index contributed by atoms with van der Waals surface area (Å²) in [6.07, 6.45) is 0.417. The molecular weight excluding hydrogens is 430 g/mol. The number of fused-ring (bicyclic) bond motifs is 1. The summed E-state index contributed by atoms with van der Waals surface area (Å²) in [5.74, 6) is -2.54. The topological polar surface area (TPSA) is 98.2 Å². The van der Waals surface area contributed by atoms with E-state index in [9.17, 15) is 18.0 Å². The first kappa shape index (κ1) is 20.6. The van der Waals surface area contributed by atoms with Gasteiger partial charge in [-0.1, -0.05) is 17.7 Å². The van der Waals surface area contributed by atoms with Gasteiger partial charge in [0.05, 0.1) is 4.90 Å². The standard InChI is InChI=1S/C20H20ClN3O5S/c21-15-2-1-3-16(13-15)22-8-10-23(11-9-22)30(28,29)17-4-5-18-14(12-17)6-7-24(18)19(25)20(26)27/h1-5,12-13H,6-11H2,(H,26,27). The van der Waals surface area contributed by atoms with Crippen LogP contribution in [-0.2, 0) is 26.0 Å². The number of hydrogen-bond donors (Lipinski definition) is 1. The predicted molar refractivity (Wildman–Crippen MR) is 113 cm³/mol. The first-order chi connectivity index (χ1) is 14.3. The lowest BCUT2D eigenvalue weighted by Crippen LogP contribution is -2.48. The third kappa shape index (κ3) is 3.76. The number of benzene rings is 2. The monoisotopic (exact) mass is 449 g/mol. The number of piperazine rings is 1. The van der Waals surface area contributed by atoms with Gasteiger partial charge in [-0.3, -0.25) is 4.79 Å². The molecule has 2 aliphatic rings. The van der Waals surface area contributed by atoms with Crippen molar-refractivity contribution in [1.82, 2.24) is 4.31 Å². The molecule has 10 heteroatoms. The SMILES string of the molecule is O=C(O)C(=O)N1CCc2cc(S(=O)(=O)N3CCN(c4cccc(Cl)c4)CC3)ccc21. The molecule has 2 aliphatic heterocycles. The normalized spacial score (nSPS) is 17.1. The summed E-state index contributed by atoms with van der Waals surface area (Å²) in [5, 5.41) is 9.57. The highest BCUT2D eigenvalue weighted by Crippen LogP contribution is 2.32. The predicted octanol–water partition coefficient (Wildman–Crippen LogP) is 1.82. The number of halogens is 1. The number of carbonyl (C=O) groups is 2. The Morgan fingerprint density at radius 3 is 2.37 bits per heavy atom. The molecule has 0 aromatic heterocycles. The maximum absolute atomic E-state index is 13.1. The Morgan fingerprint density at radius 1 is 0.967 bits per heavy atom. The van der Waals surface area contributed by atoms with Gasteiger partial charge in [0.2, 0.25) is 10.0 Å². The average molecular weight is 450 g/mol. The number of aliphatic carboxylic acids is 1. The Labute approximate surface area is 179 Å². The highest BCUT2D eigenvalue weighted by Gasteiger charge is 2.32. The van der Waals surface area contributed by atoms with Crippen LogP contribution in [0.2, 0.25) is 5.02 Å². The second-order valence-corrected chi connectivity index (χ2v) is 9.55. The molecule has 4 rings (SSSR count). The first-order valence-electron chi connectivity index (χ1n) is 9.46. The number of carboxylic acid groups (broad SMARTS) is 1. The molecule has 1 amide bonds. The summed E-state index contributed by atoms with van der Waals surface area (Å²) >= 11 is 6.05. The van der Waals surface area contributed by atoms with E-state index in [2.05, 4.69) is 4.90 Å². The van der Waals surface area contributed by atoms with Crippen LogP contribution in [0.15, 0.2) is 47.4 Å². The van der Waals surface area contributed by atoms with Gasteiger partial charge < -0.3 is 14.9 Å². The molecule has 8 nitrogen and oxygen atoms in total. The van der Waals surface area contributed by atoms with Crippen molar-refractivity contribution in [2.45, 2.75) is 11.3 Å². The van der Waals surface area contributed by atoms with Gasteiger partial charge in [0.1, 0.15) is 0 Å². The molecular formula is C20H20ClN3O5S. The Hall–Kier alpha value is -2.62. The lowest BCUT2D eigenvalue weighted by atomic mass is 10.2. The molecule has 158 valence electrons. The van der Waals surface area contributed by atoms with E-state index in [1.54, 1.807) is 12.1 Å². The molecule has 30 heavy (non-hydrogen) atoms.